The molecule has 0 aromatic heterocycles. The average Bonchev–Trinajstić information content (AvgIpc) is 2.41. The van der Waals surface area contributed by atoms with Crippen molar-refractivity contribution < 1.29 is 14.7 Å². The predicted molar refractivity (Wildman–Crippen MR) is 69.3 cm³/mol. The maximum atomic E-state index is 12.0. The molecule has 104 valence electrons. The molecule has 1 amide bonds. The number of nitrogens with one attached hydrogen (secondary N) is 2. The average molecular weight is 256 g/mol. The van der Waals surface area contributed by atoms with Crippen molar-refractivity contribution in [3.63, 3.8) is 0 Å². The van der Waals surface area contributed by atoms with Crippen LogP contribution in [0.2, 0.25) is 0 Å². The largest absolute Gasteiger partial charge is 0.481 e. The SMILES string of the molecule is CCC(CC)(CNC(=O)[C@H]1CCCNC1)C(=O)O. The first-order valence-corrected chi connectivity index (χ1v) is 6.77. The van der Waals surface area contributed by atoms with Gasteiger partial charge in [-0.2, -0.15) is 0 Å². The molecule has 3 N–H and O–H groups in total. The number of carbonyl (C=O) groups excluding carboxylic acids is 1. The lowest BCUT2D eigenvalue weighted by Gasteiger charge is -2.29. The lowest BCUT2D eigenvalue weighted by Crippen LogP contribution is -2.46. The summed E-state index contributed by atoms with van der Waals surface area (Å²) in [6.07, 6.45) is 2.95. The molecule has 0 aliphatic carbocycles. The first-order valence-electron chi connectivity index (χ1n) is 6.77. The standard InChI is InChI=1S/C13H24N2O3/c1-3-13(4-2,12(17)18)9-15-11(16)10-6-5-7-14-8-10/h10,14H,3-9H2,1-2H3,(H,15,16)(H,17,18)/t10-/m0/s1. The molecule has 5 nitrogen and oxygen atoms in total. The summed E-state index contributed by atoms with van der Waals surface area (Å²) < 4.78 is 0. The summed E-state index contributed by atoms with van der Waals surface area (Å²) in [5.74, 6) is -0.858. The molecule has 1 rings (SSSR count). The molecule has 1 fully saturated rings. The molecular formula is C13H24N2O3. The van der Waals surface area contributed by atoms with E-state index in [-0.39, 0.29) is 18.4 Å². The number of carboxylic acid groups (broad SMARTS) is 1. The van der Waals surface area contributed by atoms with Gasteiger partial charge in [0.1, 0.15) is 0 Å². The van der Waals surface area contributed by atoms with E-state index in [9.17, 15) is 14.7 Å². The molecule has 0 aromatic rings. The fourth-order valence-electron chi connectivity index (χ4n) is 2.35. The zero-order valence-corrected chi connectivity index (χ0v) is 11.3. The van der Waals surface area contributed by atoms with E-state index in [2.05, 4.69) is 10.6 Å². The van der Waals surface area contributed by atoms with Crippen LogP contribution in [0.4, 0.5) is 0 Å². The van der Waals surface area contributed by atoms with Crippen molar-refractivity contribution in [2.45, 2.75) is 39.5 Å². The molecule has 1 aliphatic heterocycles. The van der Waals surface area contributed by atoms with Crippen LogP contribution in [0.3, 0.4) is 0 Å². The summed E-state index contributed by atoms with van der Waals surface area (Å²) >= 11 is 0. The van der Waals surface area contributed by atoms with Crippen molar-refractivity contribution in [2.75, 3.05) is 19.6 Å². The maximum absolute atomic E-state index is 12.0. The van der Waals surface area contributed by atoms with Gasteiger partial charge in [0, 0.05) is 13.1 Å². The van der Waals surface area contributed by atoms with Gasteiger partial charge in [-0.05, 0) is 32.2 Å². The summed E-state index contributed by atoms with van der Waals surface area (Å²) in [5.41, 5.74) is -0.822. The third-order valence-electron chi connectivity index (χ3n) is 4.08. The van der Waals surface area contributed by atoms with Crippen LogP contribution in [0.15, 0.2) is 0 Å². The van der Waals surface area contributed by atoms with Crippen molar-refractivity contribution in [1.29, 1.82) is 0 Å². The molecule has 1 saturated heterocycles. The van der Waals surface area contributed by atoms with Gasteiger partial charge >= 0.3 is 5.97 Å². The third-order valence-corrected chi connectivity index (χ3v) is 4.08. The monoisotopic (exact) mass is 256 g/mol. The van der Waals surface area contributed by atoms with Crippen LogP contribution in [-0.4, -0.2) is 36.6 Å². The molecule has 1 atom stereocenters. The number of amides is 1. The van der Waals surface area contributed by atoms with Gasteiger partial charge in [0.25, 0.3) is 0 Å². The zero-order chi connectivity index (χ0) is 13.6. The number of hydrogen-bond acceptors (Lipinski definition) is 3. The van der Waals surface area contributed by atoms with Gasteiger partial charge in [-0.3, -0.25) is 9.59 Å². The van der Waals surface area contributed by atoms with Gasteiger partial charge in [-0.1, -0.05) is 13.8 Å². The Labute approximate surface area is 108 Å². The Bertz CT molecular complexity index is 295. The Hall–Kier alpha value is -1.10. The second kappa shape index (κ2) is 6.73. The van der Waals surface area contributed by atoms with Crippen LogP contribution in [0.1, 0.15) is 39.5 Å². The maximum Gasteiger partial charge on any atom is 0.311 e. The first-order chi connectivity index (χ1) is 8.55. The molecule has 0 bridgehead atoms. The highest BCUT2D eigenvalue weighted by molar-refractivity contribution is 5.81. The molecule has 18 heavy (non-hydrogen) atoms. The summed E-state index contributed by atoms with van der Waals surface area (Å²) in [4.78, 5) is 23.3. The van der Waals surface area contributed by atoms with E-state index in [1.807, 2.05) is 13.8 Å². The summed E-state index contributed by atoms with van der Waals surface area (Å²) in [7, 11) is 0. The molecule has 1 aliphatic rings. The number of carbonyl (C=O) groups is 2. The van der Waals surface area contributed by atoms with Crippen molar-refractivity contribution >= 4 is 11.9 Å². The van der Waals surface area contributed by atoms with Crippen LogP contribution in [0.5, 0.6) is 0 Å². The van der Waals surface area contributed by atoms with Crippen LogP contribution >= 0.6 is 0 Å². The molecule has 0 radical (unpaired) electrons. The molecule has 0 unspecified atom stereocenters. The van der Waals surface area contributed by atoms with E-state index < -0.39 is 11.4 Å². The zero-order valence-electron chi connectivity index (χ0n) is 11.3. The number of rotatable bonds is 6. The number of carboxylic acids is 1. The number of aliphatic carboxylic acids is 1. The highest BCUT2D eigenvalue weighted by Crippen LogP contribution is 2.26. The van der Waals surface area contributed by atoms with Crippen molar-refractivity contribution in [3.05, 3.63) is 0 Å². The normalized spacial score (nSPS) is 20.4. The number of piperidine rings is 1. The minimum absolute atomic E-state index is 0.0149. The third kappa shape index (κ3) is 3.45. The fourth-order valence-corrected chi connectivity index (χ4v) is 2.35. The van der Waals surface area contributed by atoms with Gasteiger partial charge in [0.15, 0.2) is 0 Å². The minimum atomic E-state index is -0.824. The van der Waals surface area contributed by atoms with Crippen LogP contribution in [-0.2, 0) is 9.59 Å². The lowest BCUT2D eigenvalue weighted by atomic mass is 9.82. The van der Waals surface area contributed by atoms with E-state index in [1.54, 1.807) is 0 Å². The Morgan fingerprint density at radius 2 is 2.06 bits per heavy atom. The van der Waals surface area contributed by atoms with Crippen LogP contribution < -0.4 is 10.6 Å². The second-order valence-corrected chi connectivity index (χ2v) is 5.05. The van der Waals surface area contributed by atoms with Gasteiger partial charge < -0.3 is 15.7 Å². The summed E-state index contributed by atoms with van der Waals surface area (Å²) in [6.45, 7) is 5.60. The molecule has 0 aromatic carbocycles. The quantitative estimate of drug-likeness (QED) is 0.662. The topological polar surface area (TPSA) is 78.4 Å². The first kappa shape index (κ1) is 15.0. The molecule has 5 heteroatoms. The second-order valence-electron chi connectivity index (χ2n) is 5.05. The van der Waals surface area contributed by atoms with Crippen molar-refractivity contribution in [1.82, 2.24) is 10.6 Å². The Kier molecular flexibility index (Phi) is 5.59. The van der Waals surface area contributed by atoms with Gasteiger partial charge in [0.05, 0.1) is 11.3 Å². The van der Waals surface area contributed by atoms with Gasteiger partial charge in [0.2, 0.25) is 5.91 Å². The molecule has 1 heterocycles. The van der Waals surface area contributed by atoms with Crippen LogP contribution in [0.25, 0.3) is 0 Å². The van der Waals surface area contributed by atoms with Gasteiger partial charge in [-0.15, -0.1) is 0 Å². The highest BCUT2D eigenvalue weighted by atomic mass is 16.4. The van der Waals surface area contributed by atoms with E-state index in [1.165, 1.54) is 0 Å². The molecule has 0 spiro atoms. The van der Waals surface area contributed by atoms with Crippen LogP contribution in [0, 0.1) is 11.3 Å². The van der Waals surface area contributed by atoms with E-state index in [4.69, 9.17) is 0 Å². The smallest absolute Gasteiger partial charge is 0.311 e. The molecular weight excluding hydrogens is 232 g/mol. The Morgan fingerprint density at radius 1 is 1.39 bits per heavy atom. The molecule has 0 saturated carbocycles. The van der Waals surface area contributed by atoms with E-state index in [0.29, 0.717) is 19.4 Å². The summed E-state index contributed by atoms with van der Waals surface area (Å²) in [5, 5.41) is 15.3. The Balaban J connectivity index is 2.51. The van der Waals surface area contributed by atoms with Gasteiger partial charge in [-0.25, -0.2) is 0 Å². The lowest BCUT2D eigenvalue weighted by molar-refractivity contribution is -0.149. The highest BCUT2D eigenvalue weighted by Gasteiger charge is 2.35. The van der Waals surface area contributed by atoms with Crippen molar-refractivity contribution in [2.24, 2.45) is 11.3 Å². The minimum Gasteiger partial charge on any atom is -0.481 e. The Morgan fingerprint density at radius 3 is 2.50 bits per heavy atom. The summed E-state index contributed by atoms with van der Waals surface area (Å²) in [6, 6.07) is 0. The van der Waals surface area contributed by atoms with Crippen molar-refractivity contribution in [3.8, 4) is 0 Å². The van der Waals surface area contributed by atoms with E-state index in [0.717, 1.165) is 19.4 Å². The fraction of sp³-hybridized carbons (Fsp3) is 0.846. The number of hydrogen-bond donors (Lipinski definition) is 3. The predicted octanol–water partition coefficient (Wildman–Crippen LogP) is 0.993. The van der Waals surface area contributed by atoms with E-state index >= 15 is 0 Å².